The van der Waals surface area contributed by atoms with Crippen LogP contribution in [0, 0.1) is 12.7 Å². The molecule has 0 spiro atoms. The molecule has 0 aliphatic carbocycles. The molecule has 1 aromatic heterocycles. The maximum absolute atomic E-state index is 13.8. The fourth-order valence-electron chi connectivity index (χ4n) is 2.10. The van der Waals surface area contributed by atoms with Gasteiger partial charge in [0.1, 0.15) is 5.82 Å². The zero-order valence-corrected chi connectivity index (χ0v) is 9.77. The van der Waals surface area contributed by atoms with Crippen LogP contribution in [0.5, 0.6) is 0 Å². The van der Waals surface area contributed by atoms with Crippen LogP contribution < -0.4 is 5.69 Å². The van der Waals surface area contributed by atoms with Gasteiger partial charge in [0.2, 0.25) is 0 Å². The molecule has 1 N–H and O–H groups in total. The van der Waals surface area contributed by atoms with Crippen molar-refractivity contribution in [2.24, 2.45) is 0 Å². The number of nitrogens with one attached hydrogen (secondary N) is 1. The Bertz CT molecular complexity index is 786. The molecule has 4 heteroatoms. The zero-order valence-electron chi connectivity index (χ0n) is 9.77. The lowest BCUT2D eigenvalue weighted by Gasteiger charge is -2.04. The van der Waals surface area contributed by atoms with Crippen molar-refractivity contribution < 1.29 is 4.39 Å². The maximum Gasteiger partial charge on any atom is 0.331 e. The van der Waals surface area contributed by atoms with Crippen molar-refractivity contribution in [1.29, 1.82) is 0 Å². The highest BCUT2D eigenvalue weighted by atomic mass is 19.1. The molecule has 3 aromatic rings. The fourth-order valence-corrected chi connectivity index (χ4v) is 2.10. The van der Waals surface area contributed by atoms with E-state index in [1.807, 2.05) is 25.1 Å². The second kappa shape index (κ2) is 3.84. The lowest BCUT2D eigenvalue weighted by atomic mass is 10.2. The molecule has 0 aliphatic heterocycles. The first-order valence-corrected chi connectivity index (χ1v) is 5.63. The topological polar surface area (TPSA) is 37.8 Å². The van der Waals surface area contributed by atoms with Crippen molar-refractivity contribution in [1.82, 2.24) is 9.55 Å². The number of imidazole rings is 1. The molecule has 2 aromatic carbocycles. The van der Waals surface area contributed by atoms with Crippen LogP contribution in [0.3, 0.4) is 0 Å². The summed E-state index contributed by atoms with van der Waals surface area (Å²) >= 11 is 0. The molecule has 3 nitrogen and oxygen atoms in total. The molecule has 0 radical (unpaired) electrons. The van der Waals surface area contributed by atoms with Gasteiger partial charge in [0, 0.05) is 0 Å². The molecular formula is C14H11FN2O. The van der Waals surface area contributed by atoms with E-state index in [-0.39, 0.29) is 11.4 Å². The van der Waals surface area contributed by atoms with Crippen molar-refractivity contribution in [3.05, 3.63) is 64.3 Å². The lowest BCUT2D eigenvalue weighted by molar-refractivity contribution is 0.618. The van der Waals surface area contributed by atoms with Crippen LogP contribution in [-0.2, 0) is 0 Å². The number of aryl methyl sites for hydroxylation is 1. The number of fused-ring (bicyclic) bond motifs is 1. The Balaban J connectivity index is 2.40. The number of hydrogen-bond donors (Lipinski definition) is 1. The highest BCUT2D eigenvalue weighted by molar-refractivity contribution is 5.78. The van der Waals surface area contributed by atoms with Gasteiger partial charge in [-0.05, 0) is 36.8 Å². The standard InChI is InChI=1S/C14H11FN2O/c1-9-6-7-13-11(8-9)16-14(18)17(13)12-5-3-2-4-10(12)15/h2-8H,1H3,(H,16,18). The molecule has 18 heavy (non-hydrogen) atoms. The van der Waals surface area contributed by atoms with Crippen LogP contribution in [0.1, 0.15) is 5.56 Å². The third-order valence-electron chi connectivity index (χ3n) is 2.93. The predicted octanol–water partition coefficient (Wildman–Crippen LogP) is 2.77. The molecule has 0 fully saturated rings. The van der Waals surface area contributed by atoms with Crippen molar-refractivity contribution in [2.75, 3.05) is 0 Å². The third-order valence-corrected chi connectivity index (χ3v) is 2.93. The van der Waals surface area contributed by atoms with Gasteiger partial charge in [0.25, 0.3) is 0 Å². The summed E-state index contributed by atoms with van der Waals surface area (Å²) in [7, 11) is 0. The number of aromatic nitrogens is 2. The molecular weight excluding hydrogens is 231 g/mol. The first kappa shape index (κ1) is 10.8. The summed E-state index contributed by atoms with van der Waals surface area (Å²) in [6.45, 7) is 1.94. The Kier molecular flexibility index (Phi) is 2.30. The lowest BCUT2D eigenvalue weighted by Crippen LogP contribution is -2.15. The van der Waals surface area contributed by atoms with Crippen molar-refractivity contribution in [3.63, 3.8) is 0 Å². The van der Waals surface area contributed by atoms with Crippen LogP contribution in [0.2, 0.25) is 0 Å². The molecule has 0 unspecified atom stereocenters. The van der Waals surface area contributed by atoms with Crippen LogP contribution >= 0.6 is 0 Å². The van der Waals surface area contributed by atoms with E-state index >= 15 is 0 Å². The Morgan fingerprint density at radius 1 is 1.17 bits per heavy atom. The zero-order chi connectivity index (χ0) is 12.7. The molecule has 0 aliphatic rings. The van der Waals surface area contributed by atoms with E-state index in [1.165, 1.54) is 10.6 Å². The van der Waals surface area contributed by atoms with E-state index in [9.17, 15) is 9.18 Å². The molecule has 0 atom stereocenters. The van der Waals surface area contributed by atoms with Gasteiger partial charge in [-0.15, -0.1) is 0 Å². The second-order valence-corrected chi connectivity index (χ2v) is 4.24. The summed E-state index contributed by atoms with van der Waals surface area (Å²) in [5.74, 6) is -0.416. The maximum atomic E-state index is 13.8. The molecule has 0 bridgehead atoms. The minimum Gasteiger partial charge on any atom is -0.305 e. The van der Waals surface area contributed by atoms with Crippen LogP contribution in [-0.4, -0.2) is 9.55 Å². The monoisotopic (exact) mass is 242 g/mol. The summed E-state index contributed by atoms with van der Waals surface area (Å²) in [5, 5.41) is 0. The van der Waals surface area contributed by atoms with E-state index in [2.05, 4.69) is 4.98 Å². The molecule has 3 rings (SSSR count). The van der Waals surface area contributed by atoms with E-state index in [0.717, 1.165) is 5.56 Å². The minimum atomic E-state index is -0.416. The van der Waals surface area contributed by atoms with E-state index in [4.69, 9.17) is 0 Å². The average molecular weight is 242 g/mol. The first-order valence-electron chi connectivity index (χ1n) is 5.63. The van der Waals surface area contributed by atoms with E-state index < -0.39 is 5.82 Å². The van der Waals surface area contributed by atoms with Gasteiger partial charge in [-0.2, -0.15) is 0 Å². The van der Waals surface area contributed by atoms with Crippen molar-refractivity contribution in [2.45, 2.75) is 6.92 Å². The smallest absolute Gasteiger partial charge is 0.305 e. The molecule has 0 amide bonds. The summed E-state index contributed by atoms with van der Waals surface area (Å²) in [5.41, 5.74) is 2.36. The molecule has 1 heterocycles. The summed E-state index contributed by atoms with van der Waals surface area (Å²) < 4.78 is 15.1. The Hall–Kier alpha value is -2.36. The first-order chi connectivity index (χ1) is 8.66. The number of benzene rings is 2. The fraction of sp³-hybridized carbons (Fsp3) is 0.0714. The SMILES string of the molecule is Cc1ccc2c(c1)[nH]c(=O)n2-c1ccccc1F. The minimum absolute atomic E-state index is 0.262. The Labute approximate surface area is 103 Å². The number of hydrogen-bond acceptors (Lipinski definition) is 1. The highest BCUT2D eigenvalue weighted by Gasteiger charge is 2.11. The molecule has 90 valence electrons. The highest BCUT2D eigenvalue weighted by Crippen LogP contribution is 2.18. The number of aromatic amines is 1. The van der Waals surface area contributed by atoms with Crippen LogP contribution in [0.25, 0.3) is 16.7 Å². The molecule has 0 saturated heterocycles. The van der Waals surface area contributed by atoms with Crippen LogP contribution in [0.15, 0.2) is 47.3 Å². The van der Waals surface area contributed by atoms with Crippen LogP contribution in [0.4, 0.5) is 4.39 Å². The number of nitrogens with zero attached hydrogens (tertiary/aromatic N) is 1. The van der Waals surface area contributed by atoms with Gasteiger partial charge in [0.05, 0.1) is 16.7 Å². The number of para-hydroxylation sites is 1. The van der Waals surface area contributed by atoms with Gasteiger partial charge >= 0.3 is 5.69 Å². The summed E-state index contributed by atoms with van der Waals surface area (Å²) in [6.07, 6.45) is 0. The second-order valence-electron chi connectivity index (χ2n) is 4.24. The number of halogens is 1. The Morgan fingerprint density at radius 2 is 1.94 bits per heavy atom. The predicted molar refractivity (Wildman–Crippen MR) is 68.6 cm³/mol. The normalized spacial score (nSPS) is 11.0. The van der Waals surface area contributed by atoms with Gasteiger partial charge in [-0.3, -0.25) is 4.57 Å². The van der Waals surface area contributed by atoms with E-state index in [0.29, 0.717) is 11.0 Å². The van der Waals surface area contributed by atoms with Gasteiger partial charge in [0.15, 0.2) is 0 Å². The van der Waals surface area contributed by atoms with Gasteiger partial charge in [-0.25, -0.2) is 9.18 Å². The van der Waals surface area contributed by atoms with Crippen molar-refractivity contribution in [3.8, 4) is 5.69 Å². The summed E-state index contributed by atoms with van der Waals surface area (Å²) in [6, 6.07) is 11.8. The molecule has 0 saturated carbocycles. The Morgan fingerprint density at radius 3 is 2.72 bits per heavy atom. The van der Waals surface area contributed by atoms with Crippen molar-refractivity contribution >= 4 is 11.0 Å². The van der Waals surface area contributed by atoms with Gasteiger partial charge < -0.3 is 4.98 Å². The number of H-pyrrole nitrogens is 1. The number of rotatable bonds is 1. The largest absolute Gasteiger partial charge is 0.331 e. The van der Waals surface area contributed by atoms with Gasteiger partial charge in [-0.1, -0.05) is 18.2 Å². The summed E-state index contributed by atoms with van der Waals surface area (Å²) in [4.78, 5) is 14.7. The van der Waals surface area contributed by atoms with E-state index in [1.54, 1.807) is 18.2 Å². The average Bonchev–Trinajstić information content (AvgIpc) is 2.65. The third kappa shape index (κ3) is 1.54. The quantitative estimate of drug-likeness (QED) is 0.700.